The number of hydrogen-bond donors (Lipinski definition) is 0. The number of benzene rings is 1. The van der Waals surface area contributed by atoms with Crippen LogP contribution in [0.25, 0.3) is 16.3 Å². The number of nitrogens with zero attached hydrogens (tertiary/aromatic N) is 4. The fourth-order valence-electron chi connectivity index (χ4n) is 1.74. The van der Waals surface area contributed by atoms with E-state index in [1.165, 1.54) is 11.3 Å². The van der Waals surface area contributed by atoms with Crippen LogP contribution in [0.2, 0.25) is 5.02 Å². The minimum absolute atomic E-state index is 0.620. The summed E-state index contributed by atoms with van der Waals surface area (Å²) in [5.41, 5.74) is 0.780. The van der Waals surface area contributed by atoms with Crippen molar-refractivity contribution in [1.29, 1.82) is 0 Å². The van der Waals surface area contributed by atoms with Gasteiger partial charge in [-0.3, -0.25) is 0 Å². The first kappa shape index (κ1) is 11.4. The van der Waals surface area contributed by atoms with Crippen molar-refractivity contribution in [2.45, 2.75) is 6.92 Å². The predicted octanol–water partition coefficient (Wildman–Crippen LogP) is 2.82. The van der Waals surface area contributed by atoms with Crippen LogP contribution in [0.15, 0.2) is 18.2 Å². The summed E-state index contributed by atoms with van der Waals surface area (Å²) in [5, 5.41) is 14.1. The van der Waals surface area contributed by atoms with E-state index in [0.29, 0.717) is 16.6 Å². The first-order valence-electron chi connectivity index (χ1n) is 5.22. The van der Waals surface area contributed by atoms with Crippen molar-refractivity contribution in [2.75, 3.05) is 7.11 Å². The minimum Gasteiger partial charge on any atom is -0.496 e. The highest BCUT2D eigenvalue weighted by atomic mass is 35.5. The Morgan fingerprint density at radius 1 is 1.33 bits per heavy atom. The standard InChI is InChI=1S/C11H9ClN4OS/c1-6-15-16-10(13-14-11(16)18-6)8-5-7(12)3-4-9(8)17-2/h3-5H,1-2H3. The first-order valence-corrected chi connectivity index (χ1v) is 6.41. The molecule has 0 aliphatic carbocycles. The molecule has 0 unspecified atom stereocenters. The number of ether oxygens (including phenoxy) is 1. The number of aromatic nitrogens is 4. The van der Waals surface area contributed by atoms with E-state index < -0.39 is 0 Å². The van der Waals surface area contributed by atoms with E-state index in [1.807, 2.05) is 6.92 Å². The zero-order chi connectivity index (χ0) is 12.7. The summed E-state index contributed by atoms with van der Waals surface area (Å²) in [6.07, 6.45) is 0. The Hall–Kier alpha value is -1.66. The van der Waals surface area contributed by atoms with E-state index in [1.54, 1.807) is 29.8 Å². The number of rotatable bonds is 2. The third kappa shape index (κ3) is 1.74. The van der Waals surface area contributed by atoms with Crippen LogP contribution in [0.1, 0.15) is 5.01 Å². The highest BCUT2D eigenvalue weighted by Crippen LogP contribution is 2.32. The normalized spacial score (nSPS) is 11.1. The molecule has 7 heteroatoms. The molecule has 2 aromatic heterocycles. The van der Waals surface area contributed by atoms with Gasteiger partial charge in [-0.15, -0.1) is 10.2 Å². The molecule has 0 N–H and O–H groups in total. The SMILES string of the molecule is COc1ccc(Cl)cc1-c1nnc2sc(C)nn12. The van der Waals surface area contributed by atoms with Gasteiger partial charge >= 0.3 is 0 Å². The van der Waals surface area contributed by atoms with Crippen LogP contribution in [-0.4, -0.2) is 26.9 Å². The summed E-state index contributed by atoms with van der Waals surface area (Å²) in [6, 6.07) is 5.37. The zero-order valence-electron chi connectivity index (χ0n) is 9.72. The molecule has 3 aromatic rings. The van der Waals surface area contributed by atoms with Gasteiger partial charge in [0.05, 0.1) is 12.7 Å². The fourth-order valence-corrected chi connectivity index (χ4v) is 2.59. The highest BCUT2D eigenvalue weighted by molar-refractivity contribution is 7.16. The summed E-state index contributed by atoms with van der Waals surface area (Å²) in [6.45, 7) is 1.93. The second-order valence-electron chi connectivity index (χ2n) is 3.68. The molecule has 92 valence electrons. The van der Waals surface area contributed by atoms with Crippen LogP contribution in [-0.2, 0) is 0 Å². The van der Waals surface area contributed by atoms with Crippen molar-refractivity contribution in [1.82, 2.24) is 19.8 Å². The number of fused-ring (bicyclic) bond motifs is 1. The van der Waals surface area contributed by atoms with Crippen LogP contribution < -0.4 is 4.74 Å². The number of halogens is 1. The lowest BCUT2D eigenvalue weighted by Gasteiger charge is -2.06. The molecule has 18 heavy (non-hydrogen) atoms. The van der Waals surface area contributed by atoms with E-state index in [9.17, 15) is 0 Å². The summed E-state index contributed by atoms with van der Waals surface area (Å²) < 4.78 is 7.02. The van der Waals surface area contributed by atoms with Crippen LogP contribution in [0, 0.1) is 6.92 Å². The van der Waals surface area contributed by atoms with Gasteiger partial charge in [0.2, 0.25) is 4.96 Å². The Kier molecular flexibility index (Phi) is 2.68. The second-order valence-corrected chi connectivity index (χ2v) is 5.28. The lowest BCUT2D eigenvalue weighted by molar-refractivity contribution is 0.416. The summed E-state index contributed by atoms with van der Waals surface area (Å²) in [5.74, 6) is 1.33. The monoisotopic (exact) mass is 280 g/mol. The molecule has 0 spiro atoms. The van der Waals surface area contributed by atoms with Crippen molar-refractivity contribution in [3.8, 4) is 17.1 Å². The highest BCUT2D eigenvalue weighted by Gasteiger charge is 2.16. The molecule has 0 amide bonds. The van der Waals surface area contributed by atoms with Gasteiger partial charge < -0.3 is 4.74 Å². The van der Waals surface area contributed by atoms with Crippen molar-refractivity contribution in [3.63, 3.8) is 0 Å². The molecule has 1 aromatic carbocycles. The second kappa shape index (κ2) is 4.22. The molecule has 3 rings (SSSR count). The molecule has 0 aliphatic rings. The Bertz CT molecular complexity index is 721. The predicted molar refractivity (Wildman–Crippen MR) is 70.4 cm³/mol. The van der Waals surface area contributed by atoms with E-state index in [2.05, 4.69) is 15.3 Å². The summed E-state index contributed by atoms with van der Waals surface area (Å²) in [4.78, 5) is 0.754. The van der Waals surface area contributed by atoms with Gasteiger partial charge in [0.25, 0.3) is 0 Å². The average Bonchev–Trinajstić information content (AvgIpc) is 2.87. The van der Waals surface area contributed by atoms with Gasteiger partial charge in [0.1, 0.15) is 10.8 Å². The van der Waals surface area contributed by atoms with Crippen LogP contribution >= 0.6 is 22.9 Å². The first-order chi connectivity index (χ1) is 8.69. The molecule has 5 nitrogen and oxygen atoms in total. The van der Waals surface area contributed by atoms with E-state index in [-0.39, 0.29) is 0 Å². The molecule has 0 radical (unpaired) electrons. The van der Waals surface area contributed by atoms with Gasteiger partial charge in [-0.2, -0.15) is 9.61 Å². The third-order valence-corrected chi connectivity index (χ3v) is 3.54. The number of aryl methyl sites for hydroxylation is 1. The quantitative estimate of drug-likeness (QED) is 0.724. The Morgan fingerprint density at radius 3 is 2.94 bits per heavy atom. The maximum atomic E-state index is 6.02. The smallest absolute Gasteiger partial charge is 0.234 e. The minimum atomic E-state index is 0.620. The van der Waals surface area contributed by atoms with Gasteiger partial charge in [0, 0.05) is 5.02 Å². The maximum Gasteiger partial charge on any atom is 0.234 e. The van der Waals surface area contributed by atoms with Gasteiger partial charge in [-0.05, 0) is 25.1 Å². The Balaban J connectivity index is 2.27. The molecule has 0 aliphatic heterocycles. The summed E-state index contributed by atoms with van der Waals surface area (Å²) >= 11 is 7.51. The lowest BCUT2D eigenvalue weighted by atomic mass is 10.2. The van der Waals surface area contributed by atoms with Gasteiger partial charge in [0.15, 0.2) is 5.82 Å². The third-order valence-electron chi connectivity index (χ3n) is 2.49. The van der Waals surface area contributed by atoms with Crippen LogP contribution in [0.4, 0.5) is 0 Å². The number of methoxy groups -OCH3 is 1. The van der Waals surface area contributed by atoms with Crippen LogP contribution in [0.5, 0.6) is 5.75 Å². The molecular weight excluding hydrogens is 272 g/mol. The zero-order valence-corrected chi connectivity index (χ0v) is 11.3. The van der Waals surface area contributed by atoms with Crippen molar-refractivity contribution < 1.29 is 4.74 Å². The largest absolute Gasteiger partial charge is 0.496 e. The Labute approximate surface area is 112 Å². The molecule has 0 saturated heterocycles. The van der Waals surface area contributed by atoms with Gasteiger partial charge in [-0.1, -0.05) is 22.9 Å². The molecule has 2 heterocycles. The van der Waals surface area contributed by atoms with Crippen molar-refractivity contribution >= 4 is 27.9 Å². The molecule has 0 atom stereocenters. The average molecular weight is 281 g/mol. The van der Waals surface area contributed by atoms with Gasteiger partial charge in [-0.25, -0.2) is 0 Å². The fraction of sp³-hybridized carbons (Fsp3) is 0.182. The molecular formula is C11H9ClN4OS. The molecule has 0 bridgehead atoms. The van der Waals surface area contributed by atoms with Crippen molar-refractivity contribution in [3.05, 3.63) is 28.2 Å². The molecule has 0 fully saturated rings. The van der Waals surface area contributed by atoms with Crippen LogP contribution in [0.3, 0.4) is 0 Å². The Morgan fingerprint density at radius 2 is 2.17 bits per heavy atom. The maximum absolute atomic E-state index is 6.02. The molecule has 0 saturated carbocycles. The van der Waals surface area contributed by atoms with E-state index >= 15 is 0 Å². The van der Waals surface area contributed by atoms with Crippen molar-refractivity contribution in [2.24, 2.45) is 0 Å². The number of hydrogen-bond acceptors (Lipinski definition) is 5. The topological polar surface area (TPSA) is 52.3 Å². The lowest BCUT2D eigenvalue weighted by Crippen LogP contribution is -1.94. The summed E-state index contributed by atoms with van der Waals surface area (Å²) in [7, 11) is 1.61. The van der Waals surface area contributed by atoms with E-state index in [0.717, 1.165) is 15.5 Å². The van der Waals surface area contributed by atoms with E-state index in [4.69, 9.17) is 16.3 Å².